The highest BCUT2D eigenvalue weighted by molar-refractivity contribution is 7.89. The van der Waals surface area contributed by atoms with Crippen LogP contribution in [0.1, 0.15) is 0 Å². The first-order chi connectivity index (χ1) is 11.9. The highest BCUT2D eigenvalue weighted by Crippen LogP contribution is 2.22. The first kappa shape index (κ1) is 19.1. The molecule has 0 bridgehead atoms. The molecule has 2 rings (SSSR count). The lowest BCUT2D eigenvalue weighted by Gasteiger charge is -2.06. The summed E-state index contributed by atoms with van der Waals surface area (Å²) in [6.45, 7) is -0.0789. The molecule has 0 saturated carbocycles. The van der Waals surface area contributed by atoms with E-state index in [9.17, 15) is 12.8 Å². The van der Waals surface area contributed by atoms with Gasteiger partial charge in [-0.1, -0.05) is 35.6 Å². The molecule has 0 aromatic heterocycles. The summed E-state index contributed by atoms with van der Waals surface area (Å²) in [5.74, 6) is 4.98. The van der Waals surface area contributed by atoms with Crippen molar-refractivity contribution in [2.45, 2.75) is 4.90 Å². The first-order valence-corrected chi connectivity index (χ1v) is 8.96. The standard InChI is InChI=1S/C17H15ClFNO4S/c1-23-17-9-8-13(12-15(17)19)25(21,22)20-10-4-5-11-24-16-7-3-2-6-14(16)18/h2-3,6-9,12,20H,10-11H2,1H3. The highest BCUT2D eigenvalue weighted by atomic mass is 35.5. The van der Waals surface area contributed by atoms with Crippen LogP contribution in [0.15, 0.2) is 47.4 Å². The van der Waals surface area contributed by atoms with E-state index in [0.717, 1.165) is 6.07 Å². The van der Waals surface area contributed by atoms with Crippen LogP contribution >= 0.6 is 11.6 Å². The quantitative estimate of drug-likeness (QED) is 0.779. The SMILES string of the molecule is COc1ccc(S(=O)(=O)NCC#CCOc2ccccc2Cl)cc1F. The van der Waals surface area contributed by atoms with Crippen LogP contribution in [0.5, 0.6) is 11.5 Å². The van der Waals surface area contributed by atoms with Crippen LogP contribution in [-0.2, 0) is 10.0 Å². The van der Waals surface area contributed by atoms with E-state index in [2.05, 4.69) is 16.6 Å². The molecule has 2 aromatic rings. The summed E-state index contributed by atoms with van der Waals surface area (Å²) in [6, 6.07) is 10.3. The summed E-state index contributed by atoms with van der Waals surface area (Å²) in [7, 11) is -2.57. The lowest BCUT2D eigenvalue weighted by atomic mass is 10.3. The Morgan fingerprint density at radius 3 is 2.60 bits per heavy atom. The lowest BCUT2D eigenvalue weighted by Crippen LogP contribution is -2.24. The van der Waals surface area contributed by atoms with Gasteiger partial charge in [0, 0.05) is 0 Å². The molecule has 2 aromatic carbocycles. The van der Waals surface area contributed by atoms with E-state index in [1.807, 2.05) is 0 Å². The normalized spacial score (nSPS) is 10.7. The predicted octanol–water partition coefficient (Wildman–Crippen LogP) is 2.85. The summed E-state index contributed by atoms with van der Waals surface area (Å²) in [6.07, 6.45) is 0. The van der Waals surface area contributed by atoms with Gasteiger partial charge in [0.25, 0.3) is 0 Å². The van der Waals surface area contributed by atoms with Gasteiger partial charge >= 0.3 is 0 Å². The van der Waals surface area contributed by atoms with Crippen molar-refractivity contribution in [1.29, 1.82) is 0 Å². The number of nitrogens with one attached hydrogen (secondary N) is 1. The van der Waals surface area contributed by atoms with E-state index >= 15 is 0 Å². The number of halogens is 2. The van der Waals surface area contributed by atoms with E-state index in [4.69, 9.17) is 21.1 Å². The zero-order valence-corrected chi connectivity index (χ0v) is 14.8. The Labute approximate surface area is 150 Å². The molecule has 1 N–H and O–H groups in total. The Bertz CT molecular complexity index is 906. The molecule has 0 amide bonds. The average Bonchev–Trinajstić information content (AvgIpc) is 2.59. The summed E-state index contributed by atoms with van der Waals surface area (Å²) in [5, 5.41) is 0.464. The molecule has 0 spiro atoms. The molecule has 8 heteroatoms. The second-order valence-electron chi connectivity index (χ2n) is 4.69. The molecule has 0 heterocycles. The van der Waals surface area contributed by atoms with Crippen molar-refractivity contribution in [3.05, 3.63) is 53.3 Å². The third-order valence-corrected chi connectivity index (χ3v) is 4.76. The van der Waals surface area contributed by atoms with Gasteiger partial charge in [0.05, 0.1) is 23.6 Å². The van der Waals surface area contributed by atoms with Crippen molar-refractivity contribution in [2.75, 3.05) is 20.3 Å². The molecule has 25 heavy (non-hydrogen) atoms. The monoisotopic (exact) mass is 383 g/mol. The number of hydrogen-bond donors (Lipinski definition) is 1. The molecule has 0 atom stereocenters. The van der Waals surface area contributed by atoms with E-state index in [1.165, 1.54) is 19.2 Å². The first-order valence-electron chi connectivity index (χ1n) is 7.10. The van der Waals surface area contributed by atoms with Crippen molar-refractivity contribution in [3.63, 3.8) is 0 Å². The molecule has 0 aliphatic heterocycles. The zero-order valence-electron chi connectivity index (χ0n) is 13.3. The van der Waals surface area contributed by atoms with Crippen LogP contribution in [-0.4, -0.2) is 28.7 Å². The Morgan fingerprint density at radius 2 is 1.92 bits per heavy atom. The van der Waals surface area contributed by atoms with E-state index in [1.54, 1.807) is 24.3 Å². The van der Waals surface area contributed by atoms with Crippen molar-refractivity contribution in [3.8, 4) is 23.3 Å². The van der Waals surface area contributed by atoms with Gasteiger partial charge in [0.2, 0.25) is 10.0 Å². The summed E-state index contributed by atoms with van der Waals surface area (Å²) < 4.78 is 50.0. The fraction of sp³-hybridized carbons (Fsp3) is 0.176. The number of methoxy groups -OCH3 is 1. The van der Waals surface area contributed by atoms with Crippen molar-refractivity contribution < 1.29 is 22.3 Å². The number of sulfonamides is 1. The van der Waals surface area contributed by atoms with Gasteiger partial charge in [-0.05, 0) is 30.3 Å². The van der Waals surface area contributed by atoms with Crippen LogP contribution in [0.3, 0.4) is 0 Å². The van der Waals surface area contributed by atoms with Gasteiger partial charge in [0.15, 0.2) is 11.6 Å². The second-order valence-corrected chi connectivity index (χ2v) is 6.87. The largest absolute Gasteiger partial charge is 0.494 e. The topological polar surface area (TPSA) is 64.6 Å². The van der Waals surface area contributed by atoms with E-state index < -0.39 is 15.8 Å². The molecular weight excluding hydrogens is 369 g/mol. The Balaban J connectivity index is 1.89. The smallest absolute Gasteiger partial charge is 0.241 e. The maximum absolute atomic E-state index is 13.6. The fourth-order valence-corrected chi connectivity index (χ4v) is 2.94. The number of benzene rings is 2. The maximum Gasteiger partial charge on any atom is 0.241 e. The van der Waals surface area contributed by atoms with Crippen molar-refractivity contribution >= 4 is 21.6 Å². The van der Waals surface area contributed by atoms with Crippen LogP contribution in [0.25, 0.3) is 0 Å². The van der Waals surface area contributed by atoms with Crippen LogP contribution in [0, 0.1) is 17.7 Å². The minimum Gasteiger partial charge on any atom is -0.494 e. The average molecular weight is 384 g/mol. The minimum absolute atomic E-state index is 0.0320. The van der Waals surface area contributed by atoms with Gasteiger partial charge in [-0.2, -0.15) is 4.72 Å². The van der Waals surface area contributed by atoms with Crippen LogP contribution in [0.2, 0.25) is 5.02 Å². The highest BCUT2D eigenvalue weighted by Gasteiger charge is 2.15. The molecule has 0 radical (unpaired) electrons. The summed E-state index contributed by atoms with van der Waals surface area (Å²) in [4.78, 5) is -0.208. The number of para-hydroxylation sites is 1. The molecule has 132 valence electrons. The molecular formula is C17H15ClFNO4S. The third-order valence-electron chi connectivity index (χ3n) is 3.05. The molecule has 0 aliphatic carbocycles. The molecule has 5 nitrogen and oxygen atoms in total. The number of hydrogen-bond acceptors (Lipinski definition) is 4. The Kier molecular flexibility index (Phi) is 6.65. The molecule has 0 unspecified atom stereocenters. The molecule has 0 aliphatic rings. The van der Waals surface area contributed by atoms with Gasteiger partial charge in [-0.25, -0.2) is 12.8 Å². The van der Waals surface area contributed by atoms with Crippen LogP contribution in [0.4, 0.5) is 4.39 Å². The zero-order chi connectivity index (χ0) is 18.3. The number of ether oxygens (including phenoxy) is 2. The summed E-state index contributed by atoms with van der Waals surface area (Å²) in [5.41, 5.74) is 0. The van der Waals surface area contributed by atoms with Gasteiger partial charge in [-0.15, -0.1) is 0 Å². The van der Waals surface area contributed by atoms with E-state index in [0.29, 0.717) is 10.8 Å². The second kappa shape index (κ2) is 8.72. The molecule has 0 fully saturated rings. The van der Waals surface area contributed by atoms with Gasteiger partial charge in [-0.3, -0.25) is 0 Å². The van der Waals surface area contributed by atoms with Crippen molar-refractivity contribution in [1.82, 2.24) is 4.72 Å². The Hall–Kier alpha value is -2.27. The van der Waals surface area contributed by atoms with Crippen molar-refractivity contribution in [2.24, 2.45) is 0 Å². The summed E-state index contributed by atoms with van der Waals surface area (Å²) >= 11 is 5.92. The Morgan fingerprint density at radius 1 is 1.16 bits per heavy atom. The van der Waals surface area contributed by atoms with Crippen LogP contribution < -0.4 is 14.2 Å². The fourth-order valence-electron chi connectivity index (χ4n) is 1.82. The third kappa shape index (κ3) is 5.36. The van der Waals surface area contributed by atoms with Gasteiger partial charge in [0.1, 0.15) is 12.4 Å². The molecule has 0 saturated heterocycles. The van der Waals surface area contributed by atoms with E-state index in [-0.39, 0.29) is 23.8 Å². The lowest BCUT2D eigenvalue weighted by molar-refractivity contribution is 0.370. The minimum atomic E-state index is -3.86. The number of rotatable bonds is 6. The van der Waals surface area contributed by atoms with Gasteiger partial charge < -0.3 is 9.47 Å². The maximum atomic E-state index is 13.6. The predicted molar refractivity (Wildman–Crippen MR) is 92.9 cm³/mol.